The molecule has 0 fully saturated rings. The third kappa shape index (κ3) is 2.95. The molecule has 0 radical (unpaired) electrons. The Morgan fingerprint density at radius 3 is 2.50 bits per heavy atom. The van der Waals surface area contributed by atoms with Crippen LogP contribution in [0.25, 0.3) is 0 Å². The Kier molecular flexibility index (Phi) is 3.80. The Hall–Kier alpha value is -0.990. The van der Waals surface area contributed by atoms with Crippen LogP contribution in [0, 0.1) is 5.41 Å². The highest BCUT2D eigenvalue weighted by Gasteiger charge is 2.23. The van der Waals surface area contributed by atoms with Crippen molar-refractivity contribution in [3.05, 3.63) is 12.7 Å². The van der Waals surface area contributed by atoms with Gasteiger partial charge in [0.05, 0.1) is 7.11 Å². The fraction of sp³-hybridized carbons (Fsp3) is 0.667. The minimum atomic E-state index is -0.405. The molecule has 70 valence electrons. The van der Waals surface area contributed by atoms with Gasteiger partial charge in [-0.2, -0.15) is 0 Å². The van der Waals surface area contributed by atoms with E-state index in [-0.39, 0.29) is 11.5 Å². The van der Waals surface area contributed by atoms with Gasteiger partial charge in [0, 0.05) is 11.5 Å². The lowest BCUT2D eigenvalue weighted by Crippen LogP contribution is -2.41. The van der Waals surface area contributed by atoms with Crippen molar-refractivity contribution in [2.45, 2.75) is 26.8 Å². The Labute approximate surface area is 73.8 Å². The van der Waals surface area contributed by atoms with E-state index < -0.39 is 6.09 Å². The van der Waals surface area contributed by atoms with Crippen molar-refractivity contribution < 1.29 is 9.53 Å². The van der Waals surface area contributed by atoms with Gasteiger partial charge in [0.15, 0.2) is 0 Å². The molecule has 0 bridgehead atoms. The summed E-state index contributed by atoms with van der Waals surface area (Å²) >= 11 is 0. The normalized spacial score (nSPS) is 13.3. The van der Waals surface area contributed by atoms with E-state index >= 15 is 0 Å². The molecule has 0 aliphatic rings. The van der Waals surface area contributed by atoms with E-state index in [1.165, 1.54) is 7.11 Å². The van der Waals surface area contributed by atoms with Crippen molar-refractivity contribution in [2.75, 3.05) is 7.11 Å². The number of hydrogen-bond acceptors (Lipinski definition) is 2. The topological polar surface area (TPSA) is 38.3 Å². The monoisotopic (exact) mass is 171 g/mol. The van der Waals surface area contributed by atoms with Crippen LogP contribution in [0.1, 0.15) is 20.8 Å². The van der Waals surface area contributed by atoms with Crippen LogP contribution in [0.4, 0.5) is 4.79 Å². The molecule has 0 rings (SSSR count). The molecule has 0 aliphatic carbocycles. The lowest BCUT2D eigenvalue weighted by atomic mass is 9.86. The van der Waals surface area contributed by atoms with Crippen LogP contribution in [-0.2, 0) is 4.74 Å². The molecule has 3 heteroatoms. The highest BCUT2D eigenvalue weighted by atomic mass is 16.5. The molecule has 0 aromatic heterocycles. The largest absolute Gasteiger partial charge is 0.453 e. The number of methoxy groups -OCH3 is 1. The number of ether oxygens (including phenoxy) is 1. The van der Waals surface area contributed by atoms with Gasteiger partial charge in [0.1, 0.15) is 0 Å². The van der Waals surface area contributed by atoms with E-state index in [0.29, 0.717) is 0 Å². The minimum Gasteiger partial charge on any atom is -0.453 e. The molecule has 12 heavy (non-hydrogen) atoms. The number of amides is 1. The van der Waals surface area contributed by atoms with Crippen molar-refractivity contribution in [2.24, 2.45) is 5.41 Å². The first-order valence-electron chi connectivity index (χ1n) is 3.92. The molecule has 1 N–H and O–H groups in total. The van der Waals surface area contributed by atoms with Crippen molar-refractivity contribution >= 4 is 6.09 Å². The molecule has 1 unspecified atom stereocenters. The second kappa shape index (κ2) is 4.14. The number of carbonyl (C=O) groups excluding carboxylic acids is 1. The summed E-state index contributed by atoms with van der Waals surface area (Å²) in [4.78, 5) is 10.8. The van der Waals surface area contributed by atoms with Crippen LogP contribution in [-0.4, -0.2) is 19.2 Å². The predicted molar refractivity (Wildman–Crippen MR) is 49.0 cm³/mol. The van der Waals surface area contributed by atoms with E-state index in [1.54, 1.807) is 0 Å². The van der Waals surface area contributed by atoms with Gasteiger partial charge in [-0.05, 0) is 6.92 Å². The summed E-state index contributed by atoms with van der Waals surface area (Å²) < 4.78 is 4.48. The van der Waals surface area contributed by atoms with Gasteiger partial charge in [-0.25, -0.2) is 4.79 Å². The summed E-state index contributed by atoms with van der Waals surface area (Å²) in [6, 6.07) is 0.0162. The quantitative estimate of drug-likeness (QED) is 0.659. The molecule has 0 saturated heterocycles. The Morgan fingerprint density at radius 1 is 1.67 bits per heavy atom. The van der Waals surface area contributed by atoms with Gasteiger partial charge in [-0.3, -0.25) is 0 Å². The average molecular weight is 171 g/mol. The van der Waals surface area contributed by atoms with Gasteiger partial charge in [-0.1, -0.05) is 19.9 Å². The highest BCUT2D eigenvalue weighted by molar-refractivity contribution is 5.67. The number of alkyl carbamates (subject to hydrolysis) is 1. The van der Waals surface area contributed by atoms with E-state index in [1.807, 2.05) is 26.8 Å². The zero-order chi connectivity index (χ0) is 9.78. The van der Waals surface area contributed by atoms with E-state index in [9.17, 15) is 4.79 Å². The molecule has 0 aromatic rings. The zero-order valence-corrected chi connectivity index (χ0v) is 8.18. The van der Waals surface area contributed by atoms with Gasteiger partial charge < -0.3 is 10.1 Å². The summed E-state index contributed by atoms with van der Waals surface area (Å²) in [6.45, 7) is 9.61. The lowest BCUT2D eigenvalue weighted by molar-refractivity contribution is 0.160. The first-order chi connectivity index (χ1) is 5.44. The van der Waals surface area contributed by atoms with E-state index in [0.717, 1.165) is 0 Å². The smallest absolute Gasteiger partial charge is 0.407 e. The van der Waals surface area contributed by atoms with Crippen molar-refractivity contribution in [3.8, 4) is 0 Å². The van der Waals surface area contributed by atoms with Gasteiger partial charge in [0.25, 0.3) is 0 Å². The number of carbonyl (C=O) groups is 1. The number of hydrogen-bond donors (Lipinski definition) is 1. The number of rotatable bonds is 3. The van der Waals surface area contributed by atoms with Crippen molar-refractivity contribution in [1.29, 1.82) is 0 Å². The first kappa shape index (κ1) is 11.0. The van der Waals surface area contributed by atoms with E-state index in [2.05, 4.69) is 16.6 Å². The maximum absolute atomic E-state index is 10.8. The van der Waals surface area contributed by atoms with Crippen molar-refractivity contribution in [1.82, 2.24) is 5.32 Å². The second-order valence-electron chi connectivity index (χ2n) is 3.38. The molecule has 0 heterocycles. The summed E-state index contributed by atoms with van der Waals surface area (Å²) in [5.41, 5.74) is -0.117. The van der Waals surface area contributed by atoms with Crippen LogP contribution in [0.5, 0.6) is 0 Å². The van der Waals surface area contributed by atoms with Crippen LogP contribution in [0.2, 0.25) is 0 Å². The molecular formula is C9H17NO2. The molecule has 0 spiro atoms. The Morgan fingerprint density at radius 2 is 2.17 bits per heavy atom. The zero-order valence-electron chi connectivity index (χ0n) is 8.18. The van der Waals surface area contributed by atoms with Crippen LogP contribution >= 0.6 is 0 Å². The van der Waals surface area contributed by atoms with Crippen LogP contribution < -0.4 is 5.32 Å². The van der Waals surface area contributed by atoms with Gasteiger partial charge in [-0.15, -0.1) is 6.58 Å². The van der Waals surface area contributed by atoms with Crippen LogP contribution in [0.15, 0.2) is 12.7 Å². The predicted octanol–water partition coefficient (Wildman–Crippen LogP) is 1.94. The summed E-state index contributed by atoms with van der Waals surface area (Å²) in [6.07, 6.45) is 1.41. The highest BCUT2D eigenvalue weighted by Crippen LogP contribution is 2.21. The Bertz CT molecular complexity index is 175. The molecule has 0 saturated carbocycles. The summed E-state index contributed by atoms with van der Waals surface area (Å²) in [7, 11) is 1.35. The fourth-order valence-electron chi connectivity index (χ4n) is 0.598. The molecule has 3 nitrogen and oxygen atoms in total. The van der Waals surface area contributed by atoms with Crippen molar-refractivity contribution in [3.63, 3.8) is 0 Å². The minimum absolute atomic E-state index is 0.0162. The second-order valence-corrected chi connectivity index (χ2v) is 3.38. The average Bonchev–Trinajstić information content (AvgIpc) is 2.04. The molecule has 1 amide bonds. The molecular weight excluding hydrogens is 154 g/mol. The van der Waals surface area contributed by atoms with Gasteiger partial charge >= 0.3 is 6.09 Å². The van der Waals surface area contributed by atoms with E-state index in [4.69, 9.17) is 0 Å². The summed E-state index contributed by atoms with van der Waals surface area (Å²) in [5, 5.41) is 2.69. The third-order valence-electron chi connectivity index (χ3n) is 2.16. The number of nitrogens with one attached hydrogen (secondary N) is 1. The maximum Gasteiger partial charge on any atom is 0.407 e. The fourth-order valence-corrected chi connectivity index (χ4v) is 0.598. The standard InChI is InChI=1S/C9H17NO2/c1-6-9(3,4)7(2)10-8(11)12-5/h6-7H,1H2,2-5H3,(H,10,11). The first-order valence-corrected chi connectivity index (χ1v) is 3.92. The maximum atomic E-state index is 10.8. The SMILES string of the molecule is C=CC(C)(C)C(C)NC(=O)OC. The van der Waals surface area contributed by atoms with Gasteiger partial charge in [0.2, 0.25) is 0 Å². The Balaban J connectivity index is 4.11. The third-order valence-corrected chi connectivity index (χ3v) is 2.16. The molecule has 1 atom stereocenters. The molecule has 0 aromatic carbocycles. The van der Waals surface area contributed by atoms with Crippen LogP contribution in [0.3, 0.4) is 0 Å². The summed E-state index contributed by atoms with van der Waals surface area (Å²) in [5.74, 6) is 0. The molecule has 0 aliphatic heterocycles. The lowest BCUT2D eigenvalue weighted by Gasteiger charge is -2.28.